The van der Waals surface area contributed by atoms with E-state index >= 15 is 0 Å². The number of aliphatic hydroxyl groups is 1. The Balaban J connectivity index is 1.61. The van der Waals surface area contributed by atoms with E-state index in [4.69, 9.17) is 38.9 Å². The average molecular weight is 859 g/mol. The lowest BCUT2D eigenvalue weighted by Gasteiger charge is -2.51. The van der Waals surface area contributed by atoms with Crippen molar-refractivity contribution in [1.82, 2.24) is 0 Å². The van der Waals surface area contributed by atoms with E-state index in [1.807, 2.05) is 65.0 Å². The standard InChI is InChI=1S/C44H55ClO11S2/c1-6-9-25-52-41-40(34-17-24-39(45)35(28-34)27-33-15-18-36(19-16-33)51-8-3)56-44(43(46)42(41)53-26-10-7-2,29-54-57(47,48)37-20-11-31(4)12-21-37)30-55-58(49,50)38-22-13-32(5)14-23-38/h11-24,28,40-43,46H,6-10,25-27,29-30H2,1-5H3/t40-,41-,42+,43-/m0/s1. The number of hydrogen-bond acceptors (Lipinski definition) is 11. The van der Waals surface area contributed by atoms with Crippen molar-refractivity contribution in [1.29, 1.82) is 0 Å². The lowest BCUT2D eigenvalue weighted by atomic mass is 9.83. The summed E-state index contributed by atoms with van der Waals surface area (Å²) in [5, 5.41) is 12.9. The van der Waals surface area contributed by atoms with Crippen molar-refractivity contribution >= 4 is 31.8 Å². The molecule has 1 fully saturated rings. The van der Waals surface area contributed by atoms with Crippen LogP contribution < -0.4 is 4.74 Å². The molecule has 0 amide bonds. The zero-order valence-electron chi connectivity index (χ0n) is 33.8. The van der Waals surface area contributed by atoms with Crippen LogP contribution in [0.5, 0.6) is 5.75 Å². The van der Waals surface area contributed by atoms with Gasteiger partial charge in [0.1, 0.15) is 49.0 Å². The second kappa shape index (κ2) is 20.7. The first kappa shape index (κ1) is 45.7. The number of benzene rings is 4. The molecular formula is C44H55ClO11S2. The number of hydrogen-bond donors (Lipinski definition) is 1. The molecule has 14 heteroatoms. The van der Waals surface area contributed by atoms with Crippen molar-refractivity contribution in [3.05, 3.63) is 124 Å². The fraction of sp³-hybridized carbons (Fsp3) is 0.455. The molecule has 0 spiro atoms. The molecule has 1 N–H and O–H groups in total. The molecular weight excluding hydrogens is 804 g/mol. The van der Waals surface area contributed by atoms with Crippen molar-refractivity contribution in [2.45, 2.75) is 107 Å². The van der Waals surface area contributed by atoms with Gasteiger partial charge in [0.05, 0.1) is 16.4 Å². The van der Waals surface area contributed by atoms with Crippen LogP contribution in [0.3, 0.4) is 0 Å². The van der Waals surface area contributed by atoms with Crippen LogP contribution in [0.4, 0.5) is 0 Å². The summed E-state index contributed by atoms with van der Waals surface area (Å²) in [7, 11) is -8.90. The molecule has 0 bridgehead atoms. The van der Waals surface area contributed by atoms with Gasteiger partial charge in [-0.3, -0.25) is 8.37 Å². The van der Waals surface area contributed by atoms with Gasteiger partial charge in [0.25, 0.3) is 20.2 Å². The van der Waals surface area contributed by atoms with E-state index in [0.29, 0.717) is 43.1 Å². The highest BCUT2D eigenvalue weighted by atomic mass is 35.5. The van der Waals surface area contributed by atoms with Crippen LogP contribution in [0, 0.1) is 13.8 Å². The zero-order valence-corrected chi connectivity index (χ0v) is 36.2. The lowest BCUT2D eigenvalue weighted by molar-refractivity contribution is -0.300. The fourth-order valence-corrected chi connectivity index (χ4v) is 8.68. The molecule has 0 saturated carbocycles. The number of ether oxygens (including phenoxy) is 4. The summed E-state index contributed by atoms with van der Waals surface area (Å²) >= 11 is 6.80. The predicted octanol–water partition coefficient (Wildman–Crippen LogP) is 8.30. The highest BCUT2D eigenvalue weighted by molar-refractivity contribution is 7.87. The Morgan fingerprint density at radius 2 is 1.22 bits per heavy atom. The topological polar surface area (TPSA) is 144 Å². The third kappa shape index (κ3) is 11.7. The minimum Gasteiger partial charge on any atom is -0.494 e. The van der Waals surface area contributed by atoms with E-state index in [0.717, 1.165) is 40.8 Å². The summed E-state index contributed by atoms with van der Waals surface area (Å²) in [6, 6.07) is 25.2. The third-order valence-corrected chi connectivity index (χ3v) is 12.9. The Kier molecular flexibility index (Phi) is 16.3. The monoisotopic (exact) mass is 858 g/mol. The van der Waals surface area contributed by atoms with Crippen molar-refractivity contribution < 1.29 is 49.3 Å². The lowest BCUT2D eigenvalue weighted by Crippen LogP contribution is -2.67. The average Bonchev–Trinajstić information content (AvgIpc) is 3.20. The maximum atomic E-state index is 13.7. The van der Waals surface area contributed by atoms with Crippen LogP contribution in [0.1, 0.15) is 80.4 Å². The normalized spacial score (nSPS) is 19.6. The molecule has 0 unspecified atom stereocenters. The van der Waals surface area contributed by atoms with Crippen molar-refractivity contribution in [2.24, 2.45) is 0 Å². The molecule has 0 radical (unpaired) electrons. The van der Waals surface area contributed by atoms with Gasteiger partial charge in [-0.05, 0) is 99.2 Å². The molecule has 4 atom stereocenters. The van der Waals surface area contributed by atoms with Crippen LogP contribution in [0.2, 0.25) is 5.02 Å². The molecule has 4 aromatic rings. The van der Waals surface area contributed by atoms with Crippen molar-refractivity contribution in [3.63, 3.8) is 0 Å². The summed E-state index contributed by atoms with van der Waals surface area (Å²) in [4.78, 5) is -0.257. The van der Waals surface area contributed by atoms with Gasteiger partial charge in [-0.2, -0.15) is 16.8 Å². The molecule has 1 aliphatic heterocycles. The first-order valence-electron chi connectivity index (χ1n) is 19.7. The van der Waals surface area contributed by atoms with Gasteiger partial charge in [0.15, 0.2) is 0 Å². The number of aryl methyl sites for hydroxylation is 2. The first-order valence-corrected chi connectivity index (χ1v) is 22.9. The predicted molar refractivity (Wildman–Crippen MR) is 222 cm³/mol. The molecule has 1 heterocycles. The Bertz CT molecular complexity index is 2050. The molecule has 11 nitrogen and oxygen atoms in total. The van der Waals surface area contributed by atoms with E-state index in [-0.39, 0.29) is 16.4 Å². The number of unbranched alkanes of at least 4 members (excludes halogenated alkanes) is 2. The zero-order chi connectivity index (χ0) is 41.9. The summed E-state index contributed by atoms with van der Waals surface area (Å²) in [5.41, 5.74) is 1.86. The second-order valence-corrected chi connectivity index (χ2v) is 18.2. The molecule has 58 heavy (non-hydrogen) atoms. The Morgan fingerprint density at radius 3 is 1.72 bits per heavy atom. The van der Waals surface area contributed by atoms with Crippen LogP contribution in [-0.2, 0) is 49.2 Å². The van der Waals surface area contributed by atoms with Gasteiger partial charge in [0.2, 0.25) is 0 Å². The Labute approximate surface area is 348 Å². The molecule has 1 aliphatic rings. The SMILES string of the molecule is CCCCO[C@@H]1[C@@H](OCCCC)[C@H](O)C(COS(=O)(=O)c2ccc(C)cc2)(COS(=O)(=O)c2ccc(C)cc2)O[C@H]1c1ccc(Cl)c(Cc2ccc(OCC)cc2)c1. The minimum absolute atomic E-state index is 0.128. The van der Waals surface area contributed by atoms with Gasteiger partial charge in [-0.1, -0.05) is 97.9 Å². The van der Waals surface area contributed by atoms with E-state index < -0.39 is 63.5 Å². The molecule has 316 valence electrons. The van der Waals surface area contributed by atoms with Crippen molar-refractivity contribution in [3.8, 4) is 5.75 Å². The minimum atomic E-state index is -4.45. The van der Waals surface area contributed by atoms with E-state index in [9.17, 15) is 21.9 Å². The highest BCUT2D eigenvalue weighted by Crippen LogP contribution is 2.43. The number of aliphatic hydroxyl groups excluding tert-OH is 1. The quantitative estimate of drug-likeness (QED) is 0.0639. The summed E-state index contributed by atoms with van der Waals surface area (Å²) in [6.07, 6.45) is -1.38. The fourth-order valence-electron chi connectivity index (χ4n) is 6.57. The van der Waals surface area contributed by atoms with Gasteiger partial charge in [0, 0.05) is 18.2 Å². The van der Waals surface area contributed by atoms with Crippen LogP contribution in [0.25, 0.3) is 0 Å². The van der Waals surface area contributed by atoms with Crippen LogP contribution >= 0.6 is 11.6 Å². The molecule has 5 rings (SSSR count). The first-order chi connectivity index (χ1) is 27.7. The van der Waals surface area contributed by atoms with Gasteiger partial charge in [-0.25, -0.2) is 0 Å². The molecule has 1 saturated heterocycles. The molecule has 0 aromatic heterocycles. The molecule has 0 aliphatic carbocycles. The van der Waals surface area contributed by atoms with Crippen LogP contribution in [0.15, 0.2) is 101 Å². The smallest absolute Gasteiger partial charge is 0.297 e. The largest absolute Gasteiger partial charge is 0.494 e. The Morgan fingerprint density at radius 1 is 0.707 bits per heavy atom. The number of rotatable bonds is 21. The maximum absolute atomic E-state index is 13.7. The van der Waals surface area contributed by atoms with E-state index in [2.05, 4.69) is 0 Å². The van der Waals surface area contributed by atoms with Gasteiger partial charge >= 0.3 is 0 Å². The summed E-state index contributed by atoms with van der Waals surface area (Å²) in [5.74, 6) is 0.746. The summed E-state index contributed by atoms with van der Waals surface area (Å²) in [6.45, 7) is 9.01. The highest BCUT2D eigenvalue weighted by Gasteiger charge is 2.57. The molecule has 4 aromatic carbocycles. The van der Waals surface area contributed by atoms with Gasteiger partial charge < -0.3 is 24.1 Å². The van der Waals surface area contributed by atoms with Gasteiger partial charge in [-0.15, -0.1) is 0 Å². The third-order valence-electron chi connectivity index (χ3n) is 10.0. The number of halogens is 1. The van der Waals surface area contributed by atoms with Crippen molar-refractivity contribution in [2.75, 3.05) is 33.0 Å². The second-order valence-electron chi connectivity index (χ2n) is 14.6. The Hall–Kier alpha value is -3.37. The maximum Gasteiger partial charge on any atom is 0.297 e. The van der Waals surface area contributed by atoms with E-state index in [1.54, 1.807) is 36.4 Å². The summed E-state index contributed by atoms with van der Waals surface area (Å²) < 4.78 is 91.5. The van der Waals surface area contributed by atoms with Crippen LogP contribution in [-0.4, -0.2) is 78.9 Å². The van der Waals surface area contributed by atoms with E-state index in [1.165, 1.54) is 24.3 Å².